The third kappa shape index (κ3) is 3.20. The largest absolute Gasteiger partial charge is 0.393 e. The third-order valence-corrected chi connectivity index (χ3v) is 3.25. The second-order valence-electron chi connectivity index (χ2n) is 4.63. The normalized spacial score (nSPS) is 20.5. The van der Waals surface area contributed by atoms with Crippen molar-refractivity contribution in [2.75, 3.05) is 13.1 Å². The van der Waals surface area contributed by atoms with Gasteiger partial charge in [-0.05, 0) is 25.3 Å². The number of likely N-dealkylation sites (tertiary alicyclic amines) is 1. The van der Waals surface area contributed by atoms with E-state index in [9.17, 15) is 14.7 Å². The second-order valence-corrected chi connectivity index (χ2v) is 4.63. The lowest BCUT2D eigenvalue weighted by molar-refractivity contribution is -0.131. The summed E-state index contributed by atoms with van der Waals surface area (Å²) in [4.78, 5) is 25.3. The van der Waals surface area contributed by atoms with Crippen LogP contribution in [0.3, 0.4) is 0 Å². The number of aromatic nitrogens is 1. The Hall–Kier alpha value is -1.62. The molecule has 0 spiro atoms. The first-order valence-electron chi connectivity index (χ1n) is 6.28. The number of aliphatic hydroxyl groups is 1. The van der Waals surface area contributed by atoms with Gasteiger partial charge < -0.3 is 14.6 Å². The molecule has 18 heavy (non-hydrogen) atoms. The minimum atomic E-state index is -0.303. The number of carbonyl (C=O) groups is 1. The lowest BCUT2D eigenvalue weighted by Crippen LogP contribution is -2.37. The molecule has 2 heterocycles. The van der Waals surface area contributed by atoms with Crippen LogP contribution in [0.1, 0.15) is 19.3 Å². The fourth-order valence-corrected chi connectivity index (χ4v) is 2.17. The van der Waals surface area contributed by atoms with Crippen molar-refractivity contribution in [1.82, 2.24) is 9.47 Å². The quantitative estimate of drug-likeness (QED) is 0.817. The lowest BCUT2D eigenvalue weighted by Gasteiger charge is -2.20. The molecule has 1 saturated heterocycles. The molecule has 1 N–H and O–H groups in total. The van der Waals surface area contributed by atoms with E-state index < -0.39 is 0 Å². The molecule has 1 aromatic rings. The summed E-state index contributed by atoms with van der Waals surface area (Å²) in [6.07, 6.45) is 3.50. The Balaban J connectivity index is 1.99. The van der Waals surface area contributed by atoms with Gasteiger partial charge in [0.25, 0.3) is 5.56 Å². The van der Waals surface area contributed by atoms with Crippen molar-refractivity contribution >= 4 is 5.91 Å². The Labute approximate surface area is 106 Å². The summed E-state index contributed by atoms with van der Waals surface area (Å²) in [7, 11) is 0. The molecule has 1 aromatic heterocycles. The zero-order valence-electron chi connectivity index (χ0n) is 10.3. The van der Waals surface area contributed by atoms with Gasteiger partial charge in [0.05, 0.1) is 6.10 Å². The van der Waals surface area contributed by atoms with Crippen molar-refractivity contribution in [1.29, 1.82) is 0 Å². The summed E-state index contributed by atoms with van der Waals surface area (Å²) in [5, 5.41) is 9.53. The number of aliphatic hydroxyl groups excluding tert-OH is 1. The van der Waals surface area contributed by atoms with Crippen molar-refractivity contribution in [2.45, 2.75) is 31.9 Å². The fraction of sp³-hybridized carbons (Fsp3) is 0.538. The number of rotatable bonds is 2. The average Bonchev–Trinajstić information content (AvgIpc) is 2.57. The van der Waals surface area contributed by atoms with Crippen LogP contribution in [-0.4, -0.2) is 39.7 Å². The molecule has 1 amide bonds. The molecule has 0 unspecified atom stereocenters. The smallest absolute Gasteiger partial charge is 0.250 e. The Morgan fingerprint density at radius 3 is 2.94 bits per heavy atom. The molecule has 1 aliphatic heterocycles. The highest BCUT2D eigenvalue weighted by molar-refractivity contribution is 5.76. The van der Waals surface area contributed by atoms with Crippen molar-refractivity contribution in [3.63, 3.8) is 0 Å². The van der Waals surface area contributed by atoms with Crippen LogP contribution in [0.25, 0.3) is 0 Å². The third-order valence-electron chi connectivity index (χ3n) is 3.25. The van der Waals surface area contributed by atoms with Gasteiger partial charge in [-0.2, -0.15) is 0 Å². The minimum absolute atomic E-state index is 0.0580. The number of pyridine rings is 1. The van der Waals surface area contributed by atoms with E-state index in [4.69, 9.17) is 0 Å². The van der Waals surface area contributed by atoms with Gasteiger partial charge in [0.1, 0.15) is 6.54 Å². The topological polar surface area (TPSA) is 62.5 Å². The maximum absolute atomic E-state index is 12.1. The first-order chi connectivity index (χ1) is 8.66. The van der Waals surface area contributed by atoms with Crippen molar-refractivity contribution < 1.29 is 9.90 Å². The van der Waals surface area contributed by atoms with Gasteiger partial charge in [-0.25, -0.2) is 0 Å². The standard InChI is InChI=1S/C13H18N2O3/c16-11-4-3-8-14(9-6-11)13(18)10-15-7-2-1-5-12(15)17/h1-2,5,7,11,16H,3-4,6,8-10H2/t11-/m0/s1. The first-order valence-corrected chi connectivity index (χ1v) is 6.28. The Bertz CT molecular complexity index is 469. The molecular formula is C13H18N2O3. The highest BCUT2D eigenvalue weighted by Gasteiger charge is 2.19. The highest BCUT2D eigenvalue weighted by atomic mass is 16.3. The van der Waals surface area contributed by atoms with Crippen LogP contribution in [0.5, 0.6) is 0 Å². The maximum atomic E-state index is 12.1. The molecule has 2 rings (SSSR count). The fourth-order valence-electron chi connectivity index (χ4n) is 2.17. The van der Waals surface area contributed by atoms with E-state index in [0.29, 0.717) is 19.5 Å². The summed E-state index contributed by atoms with van der Waals surface area (Å²) in [6, 6.07) is 4.84. The van der Waals surface area contributed by atoms with E-state index in [1.165, 1.54) is 10.6 Å². The van der Waals surface area contributed by atoms with Crippen LogP contribution in [0.15, 0.2) is 29.2 Å². The maximum Gasteiger partial charge on any atom is 0.250 e. The second kappa shape index (κ2) is 5.82. The minimum Gasteiger partial charge on any atom is -0.393 e. The zero-order valence-corrected chi connectivity index (χ0v) is 10.3. The van der Waals surface area contributed by atoms with E-state index in [0.717, 1.165) is 12.8 Å². The molecule has 0 saturated carbocycles. The van der Waals surface area contributed by atoms with Gasteiger partial charge in [0.15, 0.2) is 0 Å². The summed E-state index contributed by atoms with van der Waals surface area (Å²) in [6.45, 7) is 1.31. The number of hydrogen-bond acceptors (Lipinski definition) is 3. The van der Waals surface area contributed by atoms with E-state index >= 15 is 0 Å². The van der Waals surface area contributed by atoms with Gasteiger partial charge in [0.2, 0.25) is 5.91 Å². The predicted octanol–water partition coefficient (Wildman–Crippen LogP) is 0.222. The summed E-state index contributed by atoms with van der Waals surface area (Å²) in [5.41, 5.74) is -0.166. The van der Waals surface area contributed by atoms with Gasteiger partial charge >= 0.3 is 0 Å². The molecule has 98 valence electrons. The van der Waals surface area contributed by atoms with Crippen LogP contribution in [-0.2, 0) is 11.3 Å². The summed E-state index contributed by atoms with van der Waals surface area (Å²) < 4.78 is 1.41. The molecule has 1 atom stereocenters. The molecule has 1 fully saturated rings. The molecule has 5 heteroatoms. The number of nitrogens with zero attached hydrogens (tertiary/aromatic N) is 2. The number of carbonyl (C=O) groups excluding carboxylic acids is 1. The molecule has 0 aromatic carbocycles. The van der Waals surface area contributed by atoms with Gasteiger partial charge in [-0.3, -0.25) is 9.59 Å². The zero-order chi connectivity index (χ0) is 13.0. The Kier molecular flexibility index (Phi) is 4.15. The number of amides is 1. The Morgan fingerprint density at radius 1 is 1.33 bits per heavy atom. The lowest BCUT2D eigenvalue weighted by atomic mass is 10.2. The Morgan fingerprint density at radius 2 is 2.17 bits per heavy atom. The molecule has 5 nitrogen and oxygen atoms in total. The number of hydrogen-bond donors (Lipinski definition) is 1. The molecule has 0 bridgehead atoms. The van der Waals surface area contributed by atoms with E-state index in [1.54, 1.807) is 23.2 Å². The van der Waals surface area contributed by atoms with Crippen LogP contribution in [0, 0.1) is 0 Å². The molecule has 0 radical (unpaired) electrons. The molecular weight excluding hydrogens is 232 g/mol. The van der Waals surface area contributed by atoms with Crippen molar-refractivity contribution in [3.8, 4) is 0 Å². The molecule has 0 aliphatic carbocycles. The monoisotopic (exact) mass is 250 g/mol. The predicted molar refractivity (Wildman–Crippen MR) is 67.1 cm³/mol. The summed E-state index contributed by atoms with van der Waals surface area (Å²) >= 11 is 0. The van der Waals surface area contributed by atoms with E-state index in [2.05, 4.69) is 0 Å². The average molecular weight is 250 g/mol. The van der Waals surface area contributed by atoms with Crippen molar-refractivity contribution in [3.05, 3.63) is 34.7 Å². The van der Waals surface area contributed by atoms with Gasteiger partial charge in [-0.1, -0.05) is 6.07 Å². The SMILES string of the molecule is O=C(Cn1ccccc1=O)N1CCC[C@H](O)CC1. The van der Waals surface area contributed by atoms with E-state index in [1.807, 2.05) is 0 Å². The van der Waals surface area contributed by atoms with Crippen LogP contribution in [0.4, 0.5) is 0 Å². The van der Waals surface area contributed by atoms with E-state index in [-0.39, 0.29) is 24.1 Å². The van der Waals surface area contributed by atoms with Gasteiger partial charge in [-0.15, -0.1) is 0 Å². The summed E-state index contributed by atoms with van der Waals surface area (Å²) in [5.74, 6) is -0.0580. The van der Waals surface area contributed by atoms with Gasteiger partial charge in [0, 0.05) is 25.4 Å². The molecule has 1 aliphatic rings. The highest BCUT2D eigenvalue weighted by Crippen LogP contribution is 2.11. The van der Waals surface area contributed by atoms with Crippen molar-refractivity contribution in [2.24, 2.45) is 0 Å². The van der Waals surface area contributed by atoms with Crippen LogP contribution >= 0.6 is 0 Å². The van der Waals surface area contributed by atoms with Crippen LogP contribution < -0.4 is 5.56 Å². The first kappa shape index (κ1) is 12.8. The van der Waals surface area contributed by atoms with Crippen LogP contribution in [0.2, 0.25) is 0 Å².